The SMILES string of the molecule is COc1cccc(CN(C(N)=O)c2ccccc2Br)c1. The van der Waals surface area contributed by atoms with Crippen LogP contribution >= 0.6 is 15.9 Å². The molecule has 0 aliphatic carbocycles. The normalized spacial score (nSPS) is 10.1. The highest BCUT2D eigenvalue weighted by atomic mass is 79.9. The zero-order valence-electron chi connectivity index (χ0n) is 11.0. The van der Waals surface area contributed by atoms with Crippen LogP contribution in [-0.4, -0.2) is 13.1 Å². The molecule has 0 bridgehead atoms. The molecular weight excluding hydrogens is 320 g/mol. The van der Waals surface area contributed by atoms with Crippen molar-refractivity contribution in [3.8, 4) is 5.75 Å². The zero-order valence-corrected chi connectivity index (χ0v) is 12.6. The first-order valence-electron chi connectivity index (χ1n) is 6.06. The van der Waals surface area contributed by atoms with Crippen molar-refractivity contribution in [3.63, 3.8) is 0 Å². The van der Waals surface area contributed by atoms with Gasteiger partial charge in [-0.2, -0.15) is 0 Å². The highest BCUT2D eigenvalue weighted by molar-refractivity contribution is 9.10. The van der Waals surface area contributed by atoms with E-state index in [4.69, 9.17) is 10.5 Å². The summed E-state index contributed by atoms with van der Waals surface area (Å²) in [5, 5.41) is 0. The van der Waals surface area contributed by atoms with Gasteiger partial charge in [0.05, 0.1) is 19.3 Å². The van der Waals surface area contributed by atoms with Crippen LogP contribution < -0.4 is 15.4 Å². The quantitative estimate of drug-likeness (QED) is 0.929. The molecule has 4 nitrogen and oxygen atoms in total. The Labute approximate surface area is 126 Å². The van der Waals surface area contributed by atoms with Gasteiger partial charge in [0.15, 0.2) is 0 Å². The second-order valence-corrected chi connectivity index (χ2v) is 5.08. The lowest BCUT2D eigenvalue weighted by Crippen LogP contribution is -2.35. The molecule has 2 amide bonds. The van der Waals surface area contributed by atoms with Crippen molar-refractivity contribution < 1.29 is 9.53 Å². The number of methoxy groups -OCH3 is 1. The fourth-order valence-corrected chi connectivity index (χ4v) is 2.40. The van der Waals surface area contributed by atoms with Gasteiger partial charge in [-0.3, -0.25) is 4.90 Å². The third-order valence-electron chi connectivity index (χ3n) is 2.88. The minimum Gasteiger partial charge on any atom is -0.497 e. The Kier molecular flexibility index (Phi) is 4.63. The highest BCUT2D eigenvalue weighted by Crippen LogP contribution is 2.27. The van der Waals surface area contributed by atoms with Gasteiger partial charge < -0.3 is 10.5 Å². The van der Waals surface area contributed by atoms with Gasteiger partial charge in [-0.05, 0) is 45.8 Å². The van der Waals surface area contributed by atoms with E-state index >= 15 is 0 Å². The summed E-state index contributed by atoms with van der Waals surface area (Å²) in [6, 6.07) is 14.5. The second-order valence-electron chi connectivity index (χ2n) is 4.23. The smallest absolute Gasteiger partial charge is 0.319 e. The number of hydrogen-bond donors (Lipinski definition) is 1. The molecule has 0 aliphatic heterocycles. The van der Waals surface area contributed by atoms with Crippen molar-refractivity contribution in [3.05, 3.63) is 58.6 Å². The predicted octanol–water partition coefficient (Wildman–Crippen LogP) is 3.54. The number of nitrogens with two attached hydrogens (primary N) is 1. The van der Waals surface area contributed by atoms with Gasteiger partial charge >= 0.3 is 6.03 Å². The molecule has 0 saturated carbocycles. The molecule has 0 saturated heterocycles. The van der Waals surface area contributed by atoms with E-state index in [1.54, 1.807) is 7.11 Å². The minimum atomic E-state index is -0.500. The van der Waals surface area contributed by atoms with Crippen LogP contribution in [0.15, 0.2) is 53.0 Å². The van der Waals surface area contributed by atoms with Gasteiger partial charge in [-0.1, -0.05) is 24.3 Å². The Morgan fingerprint density at radius 3 is 2.65 bits per heavy atom. The van der Waals surface area contributed by atoms with E-state index in [1.165, 1.54) is 4.90 Å². The molecular formula is C15H15BrN2O2. The maximum Gasteiger partial charge on any atom is 0.319 e. The number of carbonyl (C=O) groups excluding carboxylic acids is 1. The van der Waals surface area contributed by atoms with Crippen molar-refractivity contribution in [2.75, 3.05) is 12.0 Å². The lowest BCUT2D eigenvalue weighted by molar-refractivity contribution is 0.253. The van der Waals surface area contributed by atoms with Crippen LogP contribution in [0.2, 0.25) is 0 Å². The Morgan fingerprint density at radius 1 is 1.25 bits per heavy atom. The third kappa shape index (κ3) is 3.30. The van der Waals surface area contributed by atoms with Crippen LogP contribution in [0, 0.1) is 0 Å². The van der Waals surface area contributed by atoms with Gasteiger partial charge in [-0.15, -0.1) is 0 Å². The fraction of sp³-hybridized carbons (Fsp3) is 0.133. The van der Waals surface area contributed by atoms with E-state index in [1.807, 2.05) is 48.5 Å². The first kappa shape index (κ1) is 14.4. The number of benzene rings is 2. The molecule has 0 unspecified atom stereocenters. The monoisotopic (exact) mass is 334 g/mol. The van der Waals surface area contributed by atoms with E-state index in [-0.39, 0.29) is 0 Å². The zero-order chi connectivity index (χ0) is 14.5. The number of hydrogen-bond acceptors (Lipinski definition) is 2. The van der Waals surface area contributed by atoms with E-state index in [2.05, 4.69) is 15.9 Å². The Hall–Kier alpha value is -2.01. The third-order valence-corrected chi connectivity index (χ3v) is 3.55. The molecule has 0 radical (unpaired) electrons. The van der Waals surface area contributed by atoms with E-state index < -0.39 is 6.03 Å². The van der Waals surface area contributed by atoms with Crippen molar-refractivity contribution in [2.45, 2.75) is 6.54 Å². The van der Waals surface area contributed by atoms with Crippen LogP contribution in [0.1, 0.15) is 5.56 Å². The molecule has 0 atom stereocenters. The number of amides is 2. The average molecular weight is 335 g/mol. The van der Waals surface area contributed by atoms with Gasteiger partial charge in [-0.25, -0.2) is 4.79 Å². The average Bonchev–Trinajstić information content (AvgIpc) is 2.45. The second kappa shape index (κ2) is 6.43. The lowest BCUT2D eigenvalue weighted by Gasteiger charge is -2.22. The molecule has 104 valence electrons. The fourth-order valence-electron chi connectivity index (χ4n) is 1.91. The van der Waals surface area contributed by atoms with E-state index in [0.29, 0.717) is 6.54 Å². The summed E-state index contributed by atoms with van der Waals surface area (Å²) in [5.41, 5.74) is 7.17. The van der Waals surface area contributed by atoms with Gasteiger partial charge in [0, 0.05) is 4.47 Å². The summed E-state index contributed by atoms with van der Waals surface area (Å²) in [4.78, 5) is 13.2. The van der Waals surface area contributed by atoms with Gasteiger partial charge in [0.1, 0.15) is 5.75 Å². The van der Waals surface area contributed by atoms with Gasteiger partial charge in [0.2, 0.25) is 0 Å². The summed E-state index contributed by atoms with van der Waals surface area (Å²) in [7, 11) is 1.61. The number of rotatable bonds is 4. The molecule has 2 aromatic carbocycles. The molecule has 20 heavy (non-hydrogen) atoms. The van der Waals surface area contributed by atoms with Crippen LogP contribution in [0.5, 0.6) is 5.75 Å². The van der Waals surface area contributed by atoms with E-state index in [0.717, 1.165) is 21.5 Å². The molecule has 0 heterocycles. The van der Waals surface area contributed by atoms with Crippen LogP contribution in [0.4, 0.5) is 10.5 Å². The Balaban J connectivity index is 2.31. The summed E-state index contributed by atoms with van der Waals surface area (Å²) in [6.07, 6.45) is 0. The predicted molar refractivity (Wildman–Crippen MR) is 82.9 cm³/mol. The van der Waals surface area contributed by atoms with Crippen LogP contribution in [-0.2, 0) is 6.54 Å². The number of carbonyl (C=O) groups is 1. The first-order chi connectivity index (χ1) is 9.61. The van der Waals surface area contributed by atoms with Crippen molar-refractivity contribution in [2.24, 2.45) is 5.73 Å². The standard InChI is InChI=1S/C15H15BrN2O2/c1-20-12-6-4-5-11(9-12)10-18(15(17)19)14-8-3-2-7-13(14)16/h2-9H,10H2,1H3,(H2,17,19). The van der Waals surface area contributed by atoms with Crippen LogP contribution in [0.3, 0.4) is 0 Å². The minimum absolute atomic E-state index is 0.384. The largest absolute Gasteiger partial charge is 0.497 e. The summed E-state index contributed by atoms with van der Waals surface area (Å²) < 4.78 is 6.00. The van der Waals surface area contributed by atoms with Crippen molar-refractivity contribution >= 4 is 27.6 Å². The number of halogens is 1. The highest BCUT2D eigenvalue weighted by Gasteiger charge is 2.15. The molecule has 0 spiro atoms. The summed E-state index contributed by atoms with van der Waals surface area (Å²) >= 11 is 3.43. The Morgan fingerprint density at radius 2 is 2.00 bits per heavy atom. The molecule has 0 fully saturated rings. The topological polar surface area (TPSA) is 55.6 Å². The number of para-hydroxylation sites is 1. The summed E-state index contributed by atoms with van der Waals surface area (Å²) in [6.45, 7) is 0.384. The summed E-state index contributed by atoms with van der Waals surface area (Å²) in [5.74, 6) is 0.749. The lowest BCUT2D eigenvalue weighted by atomic mass is 10.2. The Bertz CT molecular complexity index is 616. The first-order valence-corrected chi connectivity index (χ1v) is 6.85. The van der Waals surface area contributed by atoms with Crippen molar-refractivity contribution in [1.82, 2.24) is 0 Å². The van der Waals surface area contributed by atoms with E-state index in [9.17, 15) is 4.79 Å². The number of primary amides is 1. The number of ether oxygens (including phenoxy) is 1. The van der Waals surface area contributed by atoms with Crippen LogP contribution in [0.25, 0.3) is 0 Å². The molecule has 2 rings (SSSR count). The maximum atomic E-state index is 11.7. The molecule has 2 N–H and O–H groups in total. The number of anilines is 1. The molecule has 0 aliphatic rings. The molecule has 0 aromatic heterocycles. The number of urea groups is 1. The van der Waals surface area contributed by atoms with Gasteiger partial charge in [0.25, 0.3) is 0 Å². The molecule has 5 heteroatoms. The maximum absolute atomic E-state index is 11.7. The van der Waals surface area contributed by atoms with Crippen molar-refractivity contribution in [1.29, 1.82) is 0 Å². The number of nitrogens with zero attached hydrogens (tertiary/aromatic N) is 1. The molecule has 2 aromatic rings.